The topological polar surface area (TPSA) is 105 Å². The van der Waals surface area contributed by atoms with E-state index >= 15 is 0 Å². The average molecular weight is 437 g/mol. The van der Waals surface area contributed by atoms with Gasteiger partial charge in [0.15, 0.2) is 0 Å². The number of hydrogen-bond acceptors (Lipinski definition) is 4. The molecule has 0 radical (unpaired) electrons. The van der Waals surface area contributed by atoms with Crippen LogP contribution in [-0.2, 0) is 14.3 Å². The number of carbonyl (C=O) groups is 3. The third-order valence-electron chi connectivity index (χ3n) is 6.35. The summed E-state index contributed by atoms with van der Waals surface area (Å²) in [5, 5.41) is 14.7. The van der Waals surface area contributed by atoms with Gasteiger partial charge in [-0.2, -0.15) is 0 Å². The van der Waals surface area contributed by atoms with Crippen molar-refractivity contribution in [2.75, 3.05) is 6.61 Å². The largest absolute Gasteiger partial charge is 0.481 e. The summed E-state index contributed by atoms with van der Waals surface area (Å²) in [6, 6.07) is 15.8. The van der Waals surface area contributed by atoms with E-state index in [1.807, 2.05) is 24.3 Å². The zero-order chi connectivity index (χ0) is 22.7. The molecule has 168 valence electrons. The molecule has 2 amide bonds. The van der Waals surface area contributed by atoms with E-state index in [0.29, 0.717) is 19.3 Å². The Bertz CT molecular complexity index is 975. The van der Waals surface area contributed by atoms with Crippen LogP contribution in [0.3, 0.4) is 0 Å². The Balaban J connectivity index is 1.26. The van der Waals surface area contributed by atoms with Gasteiger partial charge in [-0.1, -0.05) is 48.5 Å². The maximum Gasteiger partial charge on any atom is 0.407 e. The van der Waals surface area contributed by atoms with Crippen LogP contribution in [0.1, 0.15) is 49.7 Å². The molecule has 3 atom stereocenters. The summed E-state index contributed by atoms with van der Waals surface area (Å²) in [5.41, 5.74) is 4.62. The maximum atomic E-state index is 12.3. The number of alkyl carbamates (subject to hydrolysis) is 1. The third-order valence-corrected chi connectivity index (χ3v) is 6.35. The van der Waals surface area contributed by atoms with Gasteiger partial charge in [0, 0.05) is 24.4 Å². The van der Waals surface area contributed by atoms with E-state index in [4.69, 9.17) is 9.84 Å². The first-order valence-electron chi connectivity index (χ1n) is 11.1. The van der Waals surface area contributed by atoms with Crippen LogP contribution in [0.4, 0.5) is 4.79 Å². The van der Waals surface area contributed by atoms with Gasteiger partial charge in [0.05, 0.1) is 5.92 Å². The van der Waals surface area contributed by atoms with Gasteiger partial charge in [0.2, 0.25) is 5.91 Å². The second-order valence-electron chi connectivity index (χ2n) is 8.69. The number of benzene rings is 2. The Morgan fingerprint density at radius 3 is 2.25 bits per heavy atom. The van der Waals surface area contributed by atoms with E-state index < -0.39 is 24.0 Å². The molecule has 0 spiro atoms. The number of carbonyl (C=O) groups excluding carboxylic acids is 2. The summed E-state index contributed by atoms with van der Waals surface area (Å²) in [6.07, 6.45) is 1.25. The van der Waals surface area contributed by atoms with Gasteiger partial charge in [0.1, 0.15) is 6.61 Å². The lowest BCUT2D eigenvalue weighted by molar-refractivity contribution is -0.141. The lowest BCUT2D eigenvalue weighted by Gasteiger charge is -2.18. The van der Waals surface area contributed by atoms with E-state index in [2.05, 4.69) is 34.9 Å². The third kappa shape index (κ3) is 4.77. The van der Waals surface area contributed by atoms with Gasteiger partial charge in [-0.15, -0.1) is 0 Å². The maximum absolute atomic E-state index is 12.3. The molecule has 7 heteroatoms. The fourth-order valence-corrected chi connectivity index (χ4v) is 4.79. The highest BCUT2D eigenvalue weighted by Gasteiger charge is 2.31. The number of amides is 2. The predicted molar refractivity (Wildman–Crippen MR) is 119 cm³/mol. The molecule has 3 N–H and O–H groups in total. The van der Waals surface area contributed by atoms with Crippen molar-refractivity contribution in [1.82, 2.24) is 10.6 Å². The summed E-state index contributed by atoms with van der Waals surface area (Å²) < 4.78 is 5.52. The molecule has 4 rings (SSSR count). The molecule has 7 nitrogen and oxygen atoms in total. The second kappa shape index (κ2) is 9.42. The Kier molecular flexibility index (Phi) is 6.44. The summed E-state index contributed by atoms with van der Waals surface area (Å²) in [5.74, 6) is -1.42. The van der Waals surface area contributed by atoms with Crippen molar-refractivity contribution in [2.24, 2.45) is 5.92 Å². The quantitative estimate of drug-likeness (QED) is 0.614. The van der Waals surface area contributed by atoms with Crippen LogP contribution < -0.4 is 10.6 Å². The van der Waals surface area contributed by atoms with Crippen molar-refractivity contribution >= 4 is 18.0 Å². The van der Waals surface area contributed by atoms with Gasteiger partial charge in [0.25, 0.3) is 0 Å². The number of hydrogen-bond donors (Lipinski definition) is 3. The minimum Gasteiger partial charge on any atom is -0.481 e. The van der Waals surface area contributed by atoms with Gasteiger partial charge in [-0.05, 0) is 48.4 Å². The first kappa shape index (κ1) is 21.9. The van der Waals surface area contributed by atoms with Gasteiger partial charge in [-0.25, -0.2) is 4.79 Å². The number of fused-ring (bicyclic) bond motifs is 3. The van der Waals surface area contributed by atoms with Gasteiger partial charge in [-0.3, -0.25) is 9.59 Å². The number of carboxylic acid groups (broad SMARTS) is 1. The molecule has 2 unspecified atom stereocenters. The fraction of sp³-hybridized carbons (Fsp3) is 0.400. The SMILES string of the molecule is C[C@H](CC(=O)NC1CCC(C(=O)O)C1)NC(=O)OCC1c2ccccc2-c2ccccc21. The molecule has 2 aliphatic rings. The molecule has 2 aromatic rings. The van der Waals surface area contributed by atoms with Crippen LogP contribution in [0, 0.1) is 5.92 Å². The Morgan fingerprint density at radius 2 is 1.66 bits per heavy atom. The standard InChI is InChI=1S/C25H28N2O5/c1-15(12-23(28)27-17-11-10-16(13-17)24(29)30)26-25(31)32-14-22-20-8-4-2-6-18(20)19-7-3-5-9-21(19)22/h2-9,15-17,22H,10-14H2,1H3,(H,26,31)(H,27,28)(H,29,30)/t15-,16?,17?/m1/s1. The Hall–Kier alpha value is -3.35. The predicted octanol–water partition coefficient (Wildman–Crippen LogP) is 3.67. The molecular formula is C25H28N2O5. The fourth-order valence-electron chi connectivity index (χ4n) is 4.79. The summed E-state index contributed by atoms with van der Waals surface area (Å²) in [6.45, 7) is 1.97. The van der Waals surface area contributed by atoms with E-state index in [9.17, 15) is 14.4 Å². The van der Waals surface area contributed by atoms with Crippen molar-refractivity contribution in [3.63, 3.8) is 0 Å². The van der Waals surface area contributed by atoms with E-state index in [1.54, 1.807) is 6.92 Å². The van der Waals surface area contributed by atoms with Crippen LogP contribution in [0.15, 0.2) is 48.5 Å². The van der Waals surface area contributed by atoms with Crippen LogP contribution in [-0.4, -0.2) is 41.8 Å². The molecule has 1 saturated carbocycles. The smallest absolute Gasteiger partial charge is 0.407 e. The average Bonchev–Trinajstić information content (AvgIpc) is 3.35. The Morgan fingerprint density at radius 1 is 1.03 bits per heavy atom. The number of nitrogens with one attached hydrogen (secondary N) is 2. The highest BCUT2D eigenvalue weighted by atomic mass is 16.5. The van der Waals surface area contributed by atoms with Gasteiger partial charge >= 0.3 is 12.1 Å². The number of carboxylic acids is 1. The molecule has 0 saturated heterocycles. The van der Waals surface area contributed by atoms with Crippen molar-refractivity contribution < 1.29 is 24.2 Å². The molecule has 0 bridgehead atoms. The molecule has 2 aliphatic carbocycles. The number of rotatable bonds is 7. The van der Waals surface area contributed by atoms with E-state index in [1.165, 1.54) is 11.1 Å². The van der Waals surface area contributed by atoms with Crippen molar-refractivity contribution in [3.8, 4) is 11.1 Å². The molecule has 2 aromatic carbocycles. The molecule has 0 aliphatic heterocycles. The molecule has 1 fully saturated rings. The zero-order valence-corrected chi connectivity index (χ0v) is 18.0. The van der Waals surface area contributed by atoms with Crippen molar-refractivity contribution in [2.45, 2.75) is 50.6 Å². The van der Waals surface area contributed by atoms with Crippen LogP contribution in [0.5, 0.6) is 0 Å². The van der Waals surface area contributed by atoms with Crippen molar-refractivity contribution in [3.05, 3.63) is 59.7 Å². The summed E-state index contributed by atoms with van der Waals surface area (Å²) >= 11 is 0. The number of aliphatic carboxylic acids is 1. The summed E-state index contributed by atoms with van der Waals surface area (Å²) in [4.78, 5) is 35.7. The first-order chi connectivity index (χ1) is 15.4. The number of ether oxygens (including phenoxy) is 1. The normalized spacial score (nSPS) is 20.2. The monoisotopic (exact) mass is 436 g/mol. The lowest BCUT2D eigenvalue weighted by atomic mass is 9.98. The van der Waals surface area contributed by atoms with E-state index in [0.717, 1.165) is 11.1 Å². The summed E-state index contributed by atoms with van der Waals surface area (Å²) in [7, 11) is 0. The highest BCUT2D eigenvalue weighted by Crippen LogP contribution is 2.44. The highest BCUT2D eigenvalue weighted by molar-refractivity contribution is 5.80. The van der Waals surface area contributed by atoms with Crippen LogP contribution in [0.25, 0.3) is 11.1 Å². The zero-order valence-electron chi connectivity index (χ0n) is 18.0. The van der Waals surface area contributed by atoms with Crippen LogP contribution >= 0.6 is 0 Å². The molecule has 0 aromatic heterocycles. The molecule has 0 heterocycles. The lowest BCUT2D eigenvalue weighted by Crippen LogP contribution is -2.40. The first-order valence-corrected chi connectivity index (χ1v) is 11.1. The van der Waals surface area contributed by atoms with Gasteiger partial charge < -0.3 is 20.5 Å². The Labute approximate surface area is 187 Å². The second-order valence-corrected chi connectivity index (χ2v) is 8.69. The van der Waals surface area contributed by atoms with Crippen molar-refractivity contribution in [1.29, 1.82) is 0 Å². The minimum absolute atomic E-state index is 0.0173. The minimum atomic E-state index is -0.813. The molecule has 32 heavy (non-hydrogen) atoms. The van der Waals surface area contributed by atoms with Crippen LogP contribution in [0.2, 0.25) is 0 Å². The van der Waals surface area contributed by atoms with E-state index in [-0.39, 0.29) is 30.9 Å². The molecular weight excluding hydrogens is 408 g/mol.